The fourth-order valence-corrected chi connectivity index (χ4v) is 7.80. The summed E-state index contributed by atoms with van der Waals surface area (Å²) in [6.07, 6.45) is 14.7. The van der Waals surface area contributed by atoms with Crippen LogP contribution in [0.4, 0.5) is 0 Å². The summed E-state index contributed by atoms with van der Waals surface area (Å²) in [5.41, 5.74) is 16.0. The minimum absolute atomic E-state index is 0.154. The van der Waals surface area contributed by atoms with Crippen LogP contribution in [-0.2, 0) is 18.3 Å². The number of aryl methyl sites for hydroxylation is 2. The van der Waals surface area contributed by atoms with Crippen molar-refractivity contribution in [1.82, 2.24) is 0 Å². The Labute approximate surface area is 198 Å². The number of allylic oxidation sites excluding steroid dienone is 4. The van der Waals surface area contributed by atoms with Gasteiger partial charge in [-0.1, -0.05) is 72.8 Å². The van der Waals surface area contributed by atoms with Crippen molar-refractivity contribution in [2.24, 2.45) is 5.92 Å². The summed E-state index contributed by atoms with van der Waals surface area (Å²) in [7, 11) is 0. The van der Waals surface area contributed by atoms with Crippen LogP contribution in [0.25, 0.3) is 11.1 Å². The van der Waals surface area contributed by atoms with E-state index in [-0.39, 0.29) is 5.41 Å². The van der Waals surface area contributed by atoms with Gasteiger partial charge in [-0.2, -0.15) is 0 Å². The molecule has 164 valence electrons. The van der Waals surface area contributed by atoms with Crippen molar-refractivity contribution in [2.75, 3.05) is 0 Å². The van der Waals surface area contributed by atoms with Crippen LogP contribution < -0.4 is 0 Å². The molecule has 1 spiro atoms. The summed E-state index contributed by atoms with van der Waals surface area (Å²) in [6, 6.07) is 21.0. The number of rotatable bonds is 2. The molecule has 0 saturated heterocycles. The van der Waals surface area contributed by atoms with Crippen LogP contribution >= 0.6 is 0 Å². The zero-order valence-corrected chi connectivity index (χ0v) is 19.8. The normalized spacial score (nSPS) is 26.5. The van der Waals surface area contributed by atoms with Gasteiger partial charge in [-0.15, -0.1) is 0 Å². The van der Waals surface area contributed by atoms with E-state index < -0.39 is 0 Å². The summed E-state index contributed by atoms with van der Waals surface area (Å²) in [6.45, 7) is 4.70. The first-order valence-corrected chi connectivity index (χ1v) is 12.8. The molecule has 0 aromatic heterocycles. The van der Waals surface area contributed by atoms with Crippen LogP contribution in [0, 0.1) is 19.8 Å². The van der Waals surface area contributed by atoms with Crippen LogP contribution in [0.3, 0.4) is 0 Å². The third kappa shape index (κ3) is 2.70. The van der Waals surface area contributed by atoms with Crippen molar-refractivity contribution < 1.29 is 0 Å². The van der Waals surface area contributed by atoms with Crippen molar-refractivity contribution >= 4 is 0 Å². The van der Waals surface area contributed by atoms with Gasteiger partial charge < -0.3 is 0 Å². The lowest BCUT2D eigenvalue weighted by Crippen LogP contribution is -2.40. The van der Waals surface area contributed by atoms with Gasteiger partial charge in [-0.25, -0.2) is 0 Å². The Morgan fingerprint density at radius 1 is 0.697 bits per heavy atom. The summed E-state index contributed by atoms with van der Waals surface area (Å²) in [5, 5.41) is 0. The molecule has 4 aliphatic carbocycles. The second-order valence-electron chi connectivity index (χ2n) is 11.0. The van der Waals surface area contributed by atoms with Crippen molar-refractivity contribution in [2.45, 2.75) is 63.7 Å². The third-order valence-electron chi connectivity index (χ3n) is 9.20. The zero-order valence-electron chi connectivity index (χ0n) is 19.8. The molecule has 0 N–H and O–H groups in total. The van der Waals surface area contributed by atoms with Crippen LogP contribution in [0.15, 0.2) is 78.4 Å². The van der Waals surface area contributed by atoms with Crippen LogP contribution in [-0.4, -0.2) is 0 Å². The molecular formula is C33H32. The van der Waals surface area contributed by atoms with Crippen molar-refractivity contribution in [3.8, 4) is 11.1 Å². The van der Waals surface area contributed by atoms with E-state index in [0.717, 1.165) is 0 Å². The standard InChI is InChI=1S/C33H32/c1-21-13-15-27-28-16-14-22(2)30-18-26(24-11-7-4-8-12-24)20-33(32(28)30)19-25(17-29(21)31(27)33)23-9-5-3-6-10-23/h3,5-7,9-16,25-26H,4,8,17-20H2,1-2H3. The monoisotopic (exact) mass is 428 g/mol. The van der Waals surface area contributed by atoms with E-state index in [1.54, 1.807) is 27.8 Å². The van der Waals surface area contributed by atoms with Gasteiger partial charge in [-0.05, 0) is 120 Å². The molecular weight excluding hydrogens is 396 g/mol. The maximum Gasteiger partial charge on any atom is 0.0232 e. The summed E-state index contributed by atoms with van der Waals surface area (Å²) < 4.78 is 0. The summed E-state index contributed by atoms with van der Waals surface area (Å²) >= 11 is 0. The van der Waals surface area contributed by atoms with Gasteiger partial charge in [0.05, 0.1) is 0 Å². The molecule has 7 rings (SSSR count). The van der Waals surface area contributed by atoms with Crippen molar-refractivity contribution in [1.29, 1.82) is 0 Å². The van der Waals surface area contributed by atoms with E-state index in [1.165, 1.54) is 66.3 Å². The molecule has 0 heterocycles. The average Bonchev–Trinajstić information content (AvgIpc) is 3.15. The van der Waals surface area contributed by atoms with Gasteiger partial charge in [0.25, 0.3) is 0 Å². The molecule has 0 radical (unpaired) electrons. The summed E-state index contributed by atoms with van der Waals surface area (Å²) in [5.74, 6) is 1.21. The van der Waals surface area contributed by atoms with Gasteiger partial charge in [0.2, 0.25) is 0 Å². The quantitative estimate of drug-likeness (QED) is 0.386. The largest absolute Gasteiger partial charge is 0.0840 e. The second-order valence-corrected chi connectivity index (χ2v) is 11.0. The Morgan fingerprint density at radius 3 is 1.97 bits per heavy atom. The fraction of sp³-hybridized carbons (Fsp3) is 0.333. The molecule has 3 atom stereocenters. The minimum Gasteiger partial charge on any atom is -0.0840 e. The minimum atomic E-state index is 0.154. The third-order valence-corrected chi connectivity index (χ3v) is 9.20. The molecule has 3 aromatic rings. The predicted molar refractivity (Wildman–Crippen MR) is 138 cm³/mol. The summed E-state index contributed by atoms with van der Waals surface area (Å²) in [4.78, 5) is 0. The lowest BCUT2D eigenvalue weighted by molar-refractivity contribution is 0.308. The molecule has 3 aromatic carbocycles. The van der Waals surface area contributed by atoms with Gasteiger partial charge in [0.15, 0.2) is 0 Å². The van der Waals surface area contributed by atoms with Gasteiger partial charge in [0, 0.05) is 5.41 Å². The highest BCUT2D eigenvalue weighted by molar-refractivity contribution is 5.86. The molecule has 0 heteroatoms. The lowest BCUT2D eigenvalue weighted by Gasteiger charge is -2.47. The molecule has 33 heavy (non-hydrogen) atoms. The van der Waals surface area contributed by atoms with Gasteiger partial charge >= 0.3 is 0 Å². The van der Waals surface area contributed by atoms with E-state index in [4.69, 9.17) is 0 Å². The van der Waals surface area contributed by atoms with E-state index >= 15 is 0 Å². The number of benzene rings is 3. The Hall–Kier alpha value is -2.86. The Balaban J connectivity index is 1.50. The molecule has 0 nitrogen and oxygen atoms in total. The van der Waals surface area contributed by atoms with Gasteiger partial charge in [-0.3, -0.25) is 0 Å². The van der Waals surface area contributed by atoms with E-state index in [9.17, 15) is 0 Å². The molecule has 0 aliphatic heterocycles. The number of hydrogen-bond donors (Lipinski definition) is 0. The lowest BCUT2D eigenvalue weighted by atomic mass is 9.55. The highest BCUT2D eigenvalue weighted by Gasteiger charge is 2.53. The molecule has 3 unspecified atom stereocenters. The van der Waals surface area contributed by atoms with Crippen LogP contribution in [0.2, 0.25) is 0 Å². The first-order valence-electron chi connectivity index (χ1n) is 12.8. The molecule has 0 bridgehead atoms. The Kier molecular flexibility index (Phi) is 4.20. The topological polar surface area (TPSA) is 0 Å². The van der Waals surface area contributed by atoms with E-state index in [0.29, 0.717) is 11.8 Å². The highest BCUT2D eigenvalue weighted by atomic mass is 14.6. The number of fused-ring (bicyclic) bond motifs is 1. The predicted octanol–water partition coefficient (Wildman–Crippen LogP) is 8.14. The van der Waals surface area contributed by atoms with Gasteiger partial charge in [0.1, 0.15) is 0 Å². The van der Waals surface area contributed by atoms with Crippen molar-refractivity contribution in [3.63, 3.8) is 0 Å². The van der Waals surface area contributed by atoms with Crippen LogP contribution in [0.5, 0.6) is 0 Å². The highest BCUT2D eigenvalue weighted by Crippen LogP contribution is 2.64. The van der Waals surface area contributed by atoms with Crippen LogP contribution in [0.1, 0.15) is 70.5 Å². The number of hydrogen-bond acceptors (Lipinski definition) is 0. The molecule has 0 amide bonds. The van der Waals surface area contributed by atoms with E-state index in [2.05, 4.69) is 86.7 Å². The maximum absolute atomic E-state index is 2.54. The zero-order chi connectivity index (χ0) is 22.2. The maximum atomic E-state index is 2.54. The molecule has 0 fully saturated rings. The average molecular weight is 429 g/mol. The molecule has 0 saturated carbocycles. The smallest absolute Gasteiger partial charge is 0.0232 e. The molecule has 4 aliphatic rings. The second kappa shape index (κ2) is 7.07. The Bertz CT molecular complexity index is 1340. The Morgan fingerprint density at radius 2 is 1.33 bits per heavy atom. The first kappa shape index (κ1) is 19.6. The van der Waals surface area contributed by atoms with E-state index in [1.807, 2.05) is 0 Å². The fourth-order valence-electron chi connectivity index (χ4n) is 7.80. The SMILES string of the molecule is Cc1ccc2c3c1CC(C1=CCCC=C1)CC31CC(c3ccccc3)Cc3c(C)ccc-2c31. The van der Waals surface area contributed by atoms with Crippen molar-refractivity contribution in [3.05, 3.63) is 117 Å². The first-order chi connectivity index (χ1) is 16.2.